The molecule has 2 heterocycles. The van der Waals surface area contributed by atoms with Crippen molar-refractivity contribution >= 4 is 54.0 Å². The van der Waals surface area contributed by atoms with Crippen molar-refractivity contribution in [2.45, 2.75) is 9.79 Å². The van der Waals surface area contributed by atoms with Crippen molar-refractivity contribution in [3.8, 4) is 33.4 Å². The van der Waals surface area contributed by atoms with Crippen LogP contribution in [0.2, 0.25) is 0 Å². The van der Waals surface area contributed by atoms with Crippen molar-refractivity contribution in [2.24, 2.45) is 0 Å². The van der Waals surface area contributed by atoms with Crippen molar-refractivity contribution in [3.05, 3.63) is 121 Å². The Morgan fingerprint density at radius 1 is 0.389 bits per heavy atom. The average Bonchev–Trinajstić information content (AvgIpc) is 3.32. The van der Waals surface area contributed by atoms with Crippen LogP contribution in [0.3, 0.4) is 0 Å². The Bertz CT molecular complexity index is 1950. The van der Waals surface area contributed by atoms with E-state index in [0.717, 1.165) is 0 Å². The van der Waals surface area contributed by atoms with Crippen LogP contribution in [0.4, 0.5) is 0 Å². The Labute approximate surface area is 217 Å². The zero-order valence-corrected chi connectivity index (χ0v) is 21.0. The number of thiophene rings is 1. The second-order valence-corrected chi connectivity index (χ2v) is 11.5. The van der Waals surface area contributed by atoms with E-state index >= 15 is 0 Å². The fraction of sp³-hybridized carbons (Fsp3) is 0. The van der Waals surface area contributed by atoms with Crippen LogP contribution < -0.4 is 0 Å². The summed E-state index contributed by atoms with van der Waals surface area (Å²) in [7, 11) is 0. The molecule has 1 aliphatic heterocycles. The van der Waals surface area contributed by atoms with E-state index in [1.165, 1.54) is 74.1 Å². The van der Waals surface area contributed by atoms with Gasteiger partial charge in [0.1, 0.15) is 0 Å². The first kappa shape index (κ1) is 20.4. The largest absolute Gasteiger partial charge is 0.135 e. The van der Waals surface area contributed by atoms with Crippen LogP contribution in [0.1, 0.15) is 0 Å². The predicted molar refractivity (Wildman–Crippen MR) is 157 cm³/mol. The van der Waals surface area contributed by atoms with E-state index in [2.05, 4.69) is 121 Å². The highest BCUT2D eigenvalue weighted by molar-refractivity contribution is 7.99. The van der Waals surface area contributed by atoms with Gasteiger partial charge in [-0.05, 0) is 63.0 Å². The molecule has 0 atom stereocenters. The van der Waals surface area contributed by atoms with E-state index in [-0.39, 0.29) is 0 Å². The molecular weight excluding hydrogens is 473 g/mol. The SMILES string of the molecule is c1ccc(-c2ccc3c(c2)Sc2cccc4c2c-3cc2sc3cc(-c5ccccc5)ccc3c24)cc1. The number of benzene rings is 6. The normalized spacial score (nSPS) is 12.3. The minimum absolute atomic E-state index is 1.26. The lowest BCUT2D eigenvalue weighted by atomic mass is 9.93. The average molecular weight is 493 g/mol. The van der Waals surface area contributed by atoms with Crippen molar-refractivity contribution in [1.82, 2.24) is 0 Å². The molecule has 36 heavy (non-hydrogen) atoms. The second-order valence-electron chi connectivity index (χ2n) is 9.33. The first-order valence-electron chi connectivity index (χ1n) is 12.2. The van der Waals surface area contributed by atoms with Gasteiger partial charge >= 0.3 is 0 Å². The minimum atomic E-state index is 1.26. The highest BCUT2D eigenvalue weighted by Gasteiger charge is 2.22. The summed E-state index contributed by atoms with van der Waals surface area (Å²) in [6.07, 6.45) is 0. The van der Waals surface area contributed by atoms with Gasteiger partial charge in [-0.3, -0.25) is 0 Å². The van der Waals surface area contributed by atoms with Gasteiger partial charge in [-0.1, -0.05) is 109 Å². The molecule has 7 aromatic rings. The van der Waals surface area contributed by atoms with Gasteiger partial charge < -0.3 is 0 Å². The lowest BCUT2D eigenvalue weighted by Gasteiger charge is -2.21. The Morgan fingerprint density at radius 2 is 1.11 bits per heavy atom. The summed E-state index contributed by atoms with van der Waals surface area (Å²) in [5.41, 5.74) is 7.78. The third-order valence-corrected chi connectivity index (χ3v) is 9.48. The minimum Gasteiger partial charge on any atom is -0.135 e. The Balaban J connectivity index is 1.37. The first-order chi connectivity index (χ1) is 17.8. The number of rotatable bonds is 2. The molecule has 0 amide bonds. The van der Waals surface area contributed by atoms with Crippen LogP contribution in [0, 0.1) is 0 Å². The van der Waals surface area contributed by atoms with Gasteiger partial charge in [-0.25, -0.2) is 0 Å². The molecule has 6 aromatic carbocycles. The molecule has 0 saturated heterocycles. The van der Waals surface area contributed by atoms with Crippen molar-refractivity contribution in [2.75, 3.05) is 0 Å². The first-order valence-corrected chi connectivity index (χ1v) is 13.8. The molecule has 0 N–H and O–H groups in total. The second kappa shape index (κ2) is 7.83. The smallest absolute Gasteiger partial charge is 0.0368 e. The molecule has 8 rings (SSSR count). The van der Waals surface area contributed by atoms with Crippen LogP contribution in [0.15, 0.2) is 131 Å². The van der Waals surface area contributed by atoms with Gasteiger partial charge in [0, 0.05) is 35.3 Å². The van der Waals surface area contributed by atoms with E-state index in [0.29, 0.717) is 0 Å². The van der Waals surface area contributed by atoms with Gasteiger partial charge in [0.05, 0.1) is 0 Å². The van der Waals surface area contributed by atoms with Gasteiger partial charge in [-0.15, -0.1) is 11.3 Å². The van der Waals surface area contributed by atoms with Gasteiger partial charge in [0.2, 0.25) is 0 Å². The van der Waals surface area contributed by atoms with Crippen LogP contribution in [-0.2, 0) is 0 Å². The van der Waals surface area contributed by atoms with E-state index in [9.17, 15) is 0 Å². The Hall–Kier alpha value is -3.85. The van der Waals surface area contributed by atoms with Crippen molar-refractivity contribution < 1.29 is 0 Å². The zero-order valence-electron chi connectivity index (χ0n) is 19.4. The summed E-state index contributed by atoms with van der Waals surface area (Å²) >= 11 is 3.82. The summed E-state index contributed by atoms with van der Waals surface area (Å²) in [5, 5.41) is 5.50. The highest BCUT2D eigenvalue weighted by Crippen LogP contribution is 2.52. The summed E-state index contributed by atoms with van der Waals surface area (Å²) in [5.74, 6) is 0. The Morgan fingerprint density at radius 3 is 1.89 bits per heavy atom. The van der Waals surface area contributed by atoms with Crippen molar-refractivity contribution in [3.63, 3.8) is 0 Å². The molecule has 2 heteroatoms. The molecule has 0 nitrogen and oxygen atoms in total. The van der Waals surface area contributed by atoms with Gasteiger partial charge in [-0.2, -0.15) is 0 Å². The van der Waals surface area contributed by atoms with E-state index < -0.39 is 0 Å². The third-order valence-electron chi connectivity index (χ3n) is 7.26. The van der Waals surface area contributed by atoms with E-state index in [4.69, 9.17) is 0 Å². The molecule has 0 bridgehead atoms. The highest BCUT2D eigenvalue weighted by atomic mass is 32.2. The quantitative estimate of drug-likeness (QED) is 0.231. The van der Waals surface area contributed by atoms with Gasteiger partial charge in [0.15, 0.2) is 0 Å². The maximum Gasteiger partial charge on any atom is 0.0368 e. The maximum atomic E-state index is 2.44. The van der Waals surface area contributed by atoms with Crippen LogP contribution in [-0.4, -0.2) is 0 Å². The summed E-state index contributed by atoms with van der Waals surface area (Å²) in [4.78, 5) is 2.69. The lowest BCUT2D eigenvalue weighted by Crippen LogP contribution is -1.94. The zero-order chi connectivity index (χ0) is 23.6. The summed E-state index contributed by atoms with van der Waals surface area (Å²) in [6, 6.07) is 44.5. The van der Waals surface area contributed by atoms with Crippen LogP contribution >= 0.6 is 23.1 Å². The number of hydrogen-bond acceptors (Lipinski definition) is 2. The molecule has 168 valence electrons. The monoisotopic (exact) mass is 492 g/mol. The van der Waals surface area contributed by atoms with Gasteiger partial charge in [0.25, 0.3) is 0 Å². The Kier molecular flexibility index (Phi) is 4.42. The lowest BCUT2D eigenvalue weighted by molar-refractivity contribution is 1.40. The van der Waals surface area contributed by atoms with E-state index in [1.54, 1.807) is 0 Å². The van der Waals surface area contributed by atoms with E-state index in [1.807, 2.05) is 23.1 Å². The van der Waals surface area contributed by atoms with Crippen LogP contribution in [0.5, 0.6) is 0 Å². The molecule has 0 radical (unpaired) electrons. The molecule has 1 aromatic heterocycles. The molecule has 0 unspecified atom stereocenters. The molecule has 0 aliphatic carbocycles. The number of fused-ring (bicyclic) bond motifs is 6. The predicted octanol–water partition coefficient (Wildman–Crippen LogP) is 10.7. The fourth-order valence-electron chi connectivity index (χ4n) is 5.58. The summed E-state index contributed by atoms with van der Waals surface area (Å²) in [6.45, 7) is 0. The fourth-order valence-corrected chi connectivity index (χ4v) is 7.96. The molecular formula is C34H20S2. The molecule has 0 fully saturated rings. The topological polar surface area (TPSA) is 0 Å². The van der Waals surface area contributed by atoms with Crippen LogP contribution in [0.25, 0.3) is 64.3 Å². The summed E-state index contributed by atoms with van der Waals surface area (Å²) < 4.78 is 2.71. The molecule has 0 saturated carbocycles. The standard InChI is InChI=1S/C34H20S2/c1-3-8-21(9-4-1)23-14-16-25-28-20-32-33(27-12-7-13-29(34(27)28)35-30(25)18-23)26-17-15-24(19-31(26)36-32)22-10-5-2-6-11-22/h1-20H. The molecule has 0 spiro atoms. The molecule has 1 aliphatic rings. The number of hydrogen-bond donors (Lipinski definition) is 0. The third kappa shape index (κ3) is 3.02. The van der Waals surface area contributed by atoms with Crippen molar-refractivity contribution in [1.29, 1.82) is 0 Å². The maximum absolute atomic E-state index is 2.44.